The standard InChI is InChI=1S/C8H10BCl2N/c1-12(2)8-5-3-7(4-6-8)9(10)11/h3-6H,1-2H3. The van der Waals surface area contributed by atoms with Gasteiger partial charge in [0, 0.05) is 19.8 Å². The van der Waals surface area contributed by atoms with E-state index in [0.29, 0.717) is 0 Å². The molecule has 1 rings (SSSR count). The Bertz CT molecular complexity index is 219. The van der Waals surface area contributed by atoms with Gasteiger partial charge in [-0.05, 0) is 17.6 Å². The van der Waals surface area contributed by atoms with Crippen LogP contribution in [-0.4, -0.2) is 19.6 Å². The van der Waals surface area contributed by atoms with Gasteiger partial charge in [-0.15, -0.1) is 0 Å². The van der Waals surface area contributed by atoms with Gasteiger partial charge < -0.3 is 4.90 Å². The van der Waals surface area contributed by atoms with Crippen molar-refractivity contribution >= 4 is 39.6 Å². The summed E-state index contributed by atoms with van der Waals surface area (Å²) in [4.78, 5) is 2.03. The Morgan fingerprint density at radius 2 is 1.58 bits per heavy atom. The quantitative estimate of drug-likeness (QED) is 0.662. The van der Waals surface area contributed by atoms with Crippen LogP contribution in [0.15, 0.2) is 24.3 Å². The van der Waals surface area contributed by atoms with Gasteiger partial charge in [-0.3, -0.25) is 0 Å². The first-order chi connectivity index (χ1) is 5.61. The third-order valence-electron chi connectivity index (χ3n) is 1.66. The molecule has 0 unspecified atom stereocenters. The van der Waals surface area contributed by atoms with Gasteiger partial charge in [0.15, 0.2) is 0 Å². The fourth-order valence-electron chi connectivity index (χ4n) is 0.918. The molecule has 0 N–H and O–H groups in total. The fourth-order valence-corrected chi connectivity index (χ4v) is 1.21. The molecule has 1 aromatic rings. The predicted molar refractivity (Wildman–Crippen MR) is 57.9 cm³/mol. The highest BCUT2D eigenvalue weighted by Crippen LogP contribution is 2.09. The lowest BCUT2D eigenvalue weighted by molar-refractivity contribution is 1.13. The molecule has 0 aliphatic rings. The van der Waals surface area contributed by atoms with Crippen molar-refractivity contribution in [2.75, 3.05) is 19.0 Å². The van der Waals surface area contributed by atoms with E-state index in [4.69, 9.17) is 22.9 Å². The summed E-state index contributed by atoms with van der Waals surface area (Å²) in [6.07, 6.45) is 0. The fraction of sp³-hybridized carbons (Fsp3) is 0.250. The zero-order valence-corrected chi connectivity index (χ0v) is 8.60. The molecular weight excluding hydrogens is 192 g/mol. The van der Waals surface area contributed by atoms with Gasteiger partial charge in [0.25, 0.3) is 0 Å². The number of hydrogen-bond acceptors (Lipinski definition) is 1. The molecule has 0 aromatic heterocycles. The van der Waals surface area contributed by atoms with Crippen LogP contribution in [0.4, 0.5) is 5.69 Å². The molecule has 1 nitrogen and oxygen atoms in total. The Morgan fingerprint density at radius 1 is 1.08 bits per heavy atom. The summed E-state index contributed by atoms with van der Waals surface area (Å²) in [5.41, 5.74) is 1.65. The molecule has 12 heavy (non-hydrogen) atoms. The summed E-state index contributed by atoms with van der Waals surface area (Å²) < 4.78 is 0. The topological polar surface area (TPSA) is 3.24 Å². The zero-order valence-electron chi connectivity index (χ0n) is 7.09. The second kappa shape index (κ2) is 4.06. The van der Waals surface area contributed by atoms with Crippen LogP contribution in [0, 0.1) is 0 Å². The van der Waals surface area contributed by atoms with Crippen LogP contribution in [0.2, 0.25) is 0 Å². The maximum absolute atomic E-state index is 5.69. The van der Waals surface area contributed by atoms with Crippen molar-refractivity contribution in [1.82, 2.24) is 0 Å². The first-order valence-electron chi connectivity index (χ1n) is 3.66. The van der Waals surface area contributed by atoms with Crippen LogP contribution in [0.5, 0.6) is 0 Å². The van der Waals surface area contributed by atoms with E-state index in [-0.39, 0.29) is 0 Å². The van der Waals surface area contributed by atoms with Gasteiger partial charge in [-0.2, -0.15) is 22.9 Å². The normalized spacial score (nSPS) is 9.67. The van der Waals surface area contributed by atoms with E-state index < -0.39 is 5.54 Å². The molecule has 64 valence electrons. The summed E-state index contributed by atoms with van der Waals surface area (Å²) in [5.74, 6) is 0. The summed E-state index contributed by atoms with van der Waals surface area (Å²) >= 11 is 11.4. The van der Waals surface area contributed by atoms with E-state index in [1.54, 1.807) is 0 Å². The number of rotatable bonds is 2. The van der Waals surface area contributed by atoms with Gasteiger partial charge in [0.2, 0.25) is 0 Å². The summed E-state index contributed by atoms with van der Waals surface area (Å²) in [7, 11) is 3.99. The van der Waals surface area contributed by atoms with Crippen molar-refractivity contribution in [3.8, 4) is 0 Å². The first kappa shape index (κ1) is 9.75. The second-order valence-electron chi connectivity index (χ2n) is 2.79. The van der Waals surface area contributed by atoms with Gasteiger partial charge in [-0.1, -0.05) is 12.1 Å². The third-order valence-corrected chi connectivity index (χ3v) is 2.17. The Kier molecular flexibility index (Phi) is 3.30. The molecule has 0 amide bonds. The molecule has 0 atom stereocenters. The van der Waals surface area contributed by atoms with E-state index >= 15 is 0 Å². The number of halogens is 2. The van der Waals surface area contributed by atoms with E-state index in [1.807, 2.05) is 43.3 Å². The number of nitrogens with zero attached hydrogens (tertiary/aromatic N) is 1. The number of anilines is 1. The predicted octanol–water partition coefficient (Wildman–Crippen LogP) is 1.93. The van der Waals surface area contributed by atoms with E-state index in [0.717, 1.165) is 11.2 Å². The second-order valence-corrected chi connectivity index (χ2v) is 3.88. The molecule has 0 radical (unpaired) electrons. The van der Waals surface area contributed by atoms with Crippen LogP contribution in [0.1, 0.15) is 0 Å². The molecule has 0 fully saturated rings. The van der Waals surface area contributed by atoms with Gasteiger partial charge >= 0.3 is 5.54 Å². The van der Waals surface area contributed by atoms with Gasteiger partial charge in [-0.25, -0.2) is 0 Å². The van der Waals surface area contributed by atoms with Crippen LogP contribution in [0.3, 0.4) is 0 Å². The van der Waals surface area contributed by atoms with Crippen LogP contribution in [0.25, 0.3) is 0 Å². The number of benzene rings is 1. The Balaban J connectivity index is 2.86. The summed E-state index contributed by atoms with van der Waals surface area (Å²) in [5, 5.41) is 0. The molecule has 4 heteroatoms. The summed E-state index contributed by atoms with van der Waals surface area (Å²) in [6, 6.07) is 7.85. The zero-order chi connectivity index (χ0) is 9.14. The smallest absolute Gasteiger partial charge is 0.378 e. The first-order valence-corrected chi connectivity index (χ1v) is 4.54. The summed E-state index contributed by atoms with van der Waals surface area (Å²) in [6.45, 7) is 0. The molecule has 0 spiro atoms. The van der Waals surface area contributed by atoms with Crippen molar-refractivity contribution < 1.29 is 0 Å². The highest BCUT2D eigenvalue weighted by atomic mass is 35.5. The average molecular weight is 202 g/mol. The maximum Gasteiger partial charge on any atom is 0.382 e. The molecule has 0 heterocycles. The van der Waals surface area contributed by atoms with Crippen molar-refractivity contribution in [3.05, 3.63) is 24.3 Å². The van der Waals surface area contributed by atoms with Crippen molar-refractivity contribution in [1.29, 1.82) is 0 Å². The highest BCUT2D eigenvalue weighted by Gasteiger charge is 2.08. The third kappa shape index (κ3) is 2.33. The maximum atomic E-state index is 5.69. The highest BCUT2D eigenvalue weighted by molar-refractivity contribution is 7.39. The molecule has 1 aromatic carbocycles. The monoisotopic (exact) mass is 201 g/mol. The molecule has 0 saturated heterocycles. The SMILES string of the molecule is CN(C)c1ccc(B(Cl)Cl)cc1. The minimum Gasteiger partial charge on any atom is -0.378 e. The van der Waals surface area contributed by atoms with E-state index in [1.165, 1.54) is 0 Å². The minimum atomic E-state index is -0.429. The Hall–Kier alpha value is -0.335. The molecular formula is C8H10BCl2N. The molecule has 0 bridgehead atoms. The van der Waals surface area contributed by atoms with Gasteiger partial charge in [0.05, 0.1) is 0 Å². The van der Waals surface area contributed by atoms with Crippen LogP contribution in [-0.2, 0) is 0 Å². The van der Waals surface area contributed by atoms with Crippen LogP contribution >= 0.6 is 22.9 Å². The minimum absolute atomic E-state index is 0.429. The average Bonchev–Trinajstić information content (AvgIpc) is 2.04. The Morgan fingerprint density at radius 3 is 1.92 bits per heavy atom. The number of hydrogen-bond donors (Lipinski definition) is 0. The molecule has 0 saturated carbocycles. The van der Waals surface area contributed by atoms with Crippen molar-refractivity contribution in [3.63, 3.8) is 0 Å². The lowest BCUT2D eigenvalue weighted by atomic mass is 9.93. The van der Waals surface area contributed by atoms with Crippen LogP contribution < -0.4 is 10.4 Å². The van der Waals surface area contributed by atoms with Crippen molar-refractivity contribution in [2.45, 2.75) is 0 Å². The lowest BCUT2D eigenvalue weighted by Gasteiger charge is -2.12. The molecule has 0 aliphatic carbocycles. The van der Waals surface area contributed by atoms with Crippen molar-refractivity contribution in [2.24, 2.45) is 0 Å². The lowest BCUT2D eigenvalue weighted by Crippen LogP contribution is -2.18. The van der Waals surface area contributed by atoms with E-state index in [2.05, 4.69) is 0 Å². The largest absolute Gasteiger partial charge is 0.382 e. The van der Waals surface area contributed by atoms with Gasteiger partial charge in [0.1, 0.15) is 0 Å². The van der Waals surface area contributed by atoms with E-state index in [9.17, 15) is 0 Å². The Labute approximate surface area is 83.2 Å². The molecule has 0 aliphatic heterocycles.